The van der Waals surface area contributed by atoms with Gasteiger partial charge in [-0.05, 0) is 12.0 Å². The summed E-state index contributed by atoms with van der Waals surface area (Å²) in [5, 5.41) is 0. The molecule has 5 heteroatoms. The third kappa shape index (κ3) is 5.34. The lowest BCUT2D eigenvalue weighted by Crippen LogP contribution is -3.02. The van der Waals surface area contributed by atoms with Crippen LogP contribution in [0.1, 0.15) is 38.2 Å². The zero-order valence-corrected chi connectivity index (χ0v) is 14.6. The first-order valence-corrected chi connectivity index (χ1v) is 8.81. The van der Waals surface area contributed by atoms with Crippen molar-refractivity contribution in [3.8, 4) is 0 Å². The summed E-state index contributed by atoms with van der Waals surface area (Å²) in [4.78, 5) is 25.2. The highest BCUT2D eigenvalue weighted by molar-refractivity contribution is 5.79. The average Bonchev–Trinajstić information content (AvgIpc) is 3.40. The van der Waals surface area contributed by atoms with Crippen LogP contribution in [0.25, 0.3) is 0 Å². The van der Waals surface area contributed by atoms with Crippen LogP contribution in [0.15, 0.2) is 30.3 Å². The number of unbranched alkanes of at least 4 members (excludes halogenated alkanes) is 3. The summed E-state index contributed by atoms with van der Waals surface area (Å²) in [5.41, 5.74) is 1.07. The first-order chi connectivity index (χ1) is 11.7. The molecule has 0 amide bonds. The molecule has 0 saturated carbocycles. The lowest BCUT2D eigenvalue weighted by Gasteiger charge is -2.13. The Morgan fingerprint density at radius 3 is 2.62 bits per heavy atom. The maximum absolute atomic E-state index is 12.1. The predicted octanol–water partition coefficient (Wildman–Crippen LogP) is 1.16. The molecule has 1 aliphatic rings. The smallest absolute Gasteiger partial charge is 0.371 e. The number of hydrogen-bond acceptors (Lipinski definition) is 4. The predicted molar refractivity (Wildman–Crippen MR) is 90.7 cm³/mol. The maximum atomic E-state index is 12.1. The van der Waals surface area contributed by atoms with E-state index in [2.05, 4.69) is 6.92 Å². The summed E-state index contributed by atoms with van der Waals surface area (Å²) >= 11 is 0. The molecule has 1 unspecified atom stereocenters. The number of quaternary nitrogens is 1. The van der Waals surface area contributed by atoms with Gasteiger partial charge < -0.3 is 14.4 Å². The molecule has 2 rings (SSSR count). The van der Waals surface area contributed by atoms with Gasteiger partial charge in [-0.2, -0.15) is 0 Å². The van der Waals surface area contributed by atoms with Crippen molar-refractivity contribution >= 4 is 11.9 Å². The molecule has 0 radical (unpaired) electrons. The fourth-order valence-corrected chi connectivity index (χ4v) is 2.96. The standard InChI is InChI=1S/C19H27NO4/c1-3-4-5-9-12-24-19(22)17-14-20(17)16(18(21)23-2)13-15-10-7-6-8-11-15/h6-8,10-11,16-17H,3-5,9,12-14H2,1-2H3/p+1/t16-,17-,20?/m1/s1. The van der Waals surface area contributed by atoms with Crippen LogP contribution in [-0.2, 0) is 25.5 Å². The van der Waals surface area contributed by atoms with E-state index < -0.39 is 0 Å². The number of esters is 2. The zero-order valence-electron chi connectivity index (χ0n) is 14.6. The van der Waals surface area contributed by atoms with Crippen LogP contribution >= 0.6 is 0 Å². The molecule has 0 spiro atoms. The summed E-state index contributed by atoms with van der Waals surface area (Å²) in [6.45, 7) is 3.27. The molecule has 24 heavy (non-hydrogen) atoms. The second kappa shape index (κ2) is 9.42. The lowest BCUT2D eigenvalue weighted by atomic mass is 10.1. The number of hydrogen-bond donors (Lipinski definition) is 1. The van der Waals surface area contributed by atoms with Gasteiger partial charge in [-0.1, -0.05) is 56.5 Å². The number of carbonyl (C=O) groups excluding carboxylic acids is 2. The van der Waals surface area contributed by atoms with E-state index >= 15 is 0 Å². The molecular formula is C19H28NO4+. The molecule has 1 aromatic carbocycles. The molecule has 0 aliphatic carbocycles. The van der Waals surface area contributed by atoms with Crippen molar-refractivity contribution < 1.29 is 24.0 Å². The van der Waals surface area contributed by atoms with Crippen molar-refractivity contribution in [1.82, 2.24) is 0 Å². The van der Waals surface area contributed by atoms with Gasteiger partial charge in [0.25, 0.3) is 0 Å². The van der Waals surface area contributed by atoms with Crippen LogP contribution < -0.4 is 4.90 Å². The van der Waals surface area contributed by atoms with Crippen LogP contribution in [0, 0.1) is 0 Å². The normalized spacial score (nSPS) is 20.2. The number of methoxy groups -OCH3 is 1. The summed E-state index contributed by atoms with van der Waals surface area (Å²) in [5.74, 6) is -0.462. The molecule has 132 valence electrons. The number of carbonyl (C=O) groups is 2. The fourth-order valence-electron chi connectivity index (χ4n) is 2.96. The molecule has 0 bridgehead atoms. The van der Waals surface area contributed by atoms with Crippen molar-refractivity contribution in [2.75, 3.05) is 20.3 Å². The van der Waals surface area contributed by atoms with Crippen LogP contribution in [0.4, 0.5) is 0 Å². The number of nitrogens with one attached hydrogen (secondary N) is 1. The Kier molecular flexibility index (Phi) is 7.25. The third-order valence-electron chi connectivity index (χ3n) is 4.47. The van der Waals surface area contributed by atoms with E-state index in [0.29, 0.717) is 19.6 Å². The van der Waals surface area contributed by atoms with E-state index in [4.69, 9.17) is 9.47 Å². The summed E-state index contributed by atoms with van der Waals surface area (Å²) in [6, 6.07) is 9.23. The fraction of sp³-hybridized carbons (Fsp3) is 0.579. The molecule has 1 aromatic rings. The second-order valence-electron chi connectivity index (χ2n) is 6.33. The average molecular weight is 334 g/mol. The van der Waals surface area contributed by atoms with Crippen LogP contribution in [0.3, 0.4) is 0 Å². The lowest BCUT2D eigenvalue weighted by molar-refractivity contribution is -0.789. The van der Waals surface area contributed by atoms with Crippen LogP contribution in [0.5, 0.6) is 0 Å². The minimum absolute atomic E-state index is 0.191. The molecule has 1 heterocycles. The Bertz CT molecular complexity index is 531. The molecular weight excluding hydrogens is 306 g/mol. The van der Waals surface area contributed by atoms with Crippen molar-refractivity contribution in [3.05, 3.63) is 35.9 Å². The minimum Gasteiger partial charge on any atom is -0.465 e. The first-order valence-electron chi connectivity index (χ1n) is 8.81. The van der Waals surface area contributed by atoms with E-state index in [0.717, 1.165) is 29.7 Å². The van der Waals surface area contributed by atoms with Gasteiger partial charge in [0, 0.05) is 6.42 Å². The van der Waals surface area contributed by atoms with Crippen molar-refractivity contribution in [3.63, 3.8) is 0 Å². The number of benzene rings is 1. The highest BCUT2D eigenvalue weighted by atomic mass is 16.5. The van der Waals surface area contributed by atoms with Gasteiger partial charge in [0.1, 0.15) is 6.54 Å². The van der Waals surface area contributed by atoms with Gasteiger partial charge in [-0.15, -0.1) is 0 Å². The van der Waals surface area contributed by atoms with Crippen molar-refractivity contribution in [1.29, 1.82) is 0 Å². The second-order valence-corrected chi connectivity index (χ2v) is 6.33. The Labute approximate surface area is 143 Å². The topological polar surface area (TPSA) is 57.0 Å². The molecule has 5 nitrogen and oxygen atoms in total. The van der Waals surface area contributed by atoms with Crippen molar-refractivity contribution in [2.24, 2.45) is 0 Å². The summed E-state index contributed by atoms with van der Waals surface area (Å²) in [6.07, 6.45) is 4.90. The molecule has 1 fully saturated rings. The third-order valence-corrected chi connectivity index (χ3v) is 4.47. The first kappa shape index (κ1) is 18.5. The molecule has 1 saturated heterocycles. The highest BCUT2D eigenvalue weighted by Crippen LogP contribution is 2.07. The van der Waals surface area contributed by atoms with Gasteiger partial charge in [0.05, 0.1) is 13.7 Å². The zero-order chi connectivity index (χ0) is 17.4. The van der Waals surface area contributed by atoms with E-state index in [1.54, 1.807) is 0 Å². The van der Waals surface area contributed by atoms with E-state index in [1.807, 2.05) is 30.3 Å². The minimum atomic E-state index is -0.352. The highest BCUT2D eigenvalue weighted by Gasteiger charge is 2.54. The maximum Gasteiger partial charge on any atom is 0.371 e. The van der Waals surface area contributed by atoms with Gasteiger partial charge >= 0.3 is 11.9 Å². The number of ether oxygens (including phenoxy) is 2. The quantitative estimate of drug-likeness (QED) is 0.396. The van der Waals surface area contributed by atoms with Gasteiger partial charge in [-0.3, -0.25) is 0 Å². The number of rotatable bonds is 10. The molecule has 0 aromatic heterocycles. The van der Waals surface area contributed by atoms with Gasteiger partial charge in [-0.25, -0.2) is 9.59 Å². The Morgan fingerprint density at radius 1 is 1.21 bits per heavy atom. The summed E-state index contributed by atoms with van der Waals surface area (Å²) in [7, 11) is 1.39. The van der Waals surface area contributed by atoms with E-state index in [-0.39, 0.29) is 24.0 Å². The van der Waals surface area contributed by atoms with Gasteiger partial charge in [0.15, 0.2) is 6.04 Å². The SMILES string of the molecule is CCCCCCOC(=O)[C@H]1C[NH+]1[C@H](Cc1ccccc1)C(=O)OC. The Morgan fingerprint density at radius 2 is 1.96 bits per heavy atom. The van der Waals surface area contributed by atoms with Crippen LogP contribution in [-0.4, -0.2) is 44.3 Å². The molecule has 3 atom stereocenters. The Balaban J connectivity index is 1.84. The van der Waals surface area contributed by atoms with E-state index in [1.165, 1.54) is 13.5 Å². The molecule has 1 aliphatic heterocycles. The van der Waals surface area contributed by atoms with Crippen LogP contribution in [0.2, 0.25) is 0 Å². The monoisotopic (exact) mass is 334 g/mol. The summed E-state index contributed by atoms with van der Waals surface area (Å²) < 4.78 is 10.3. The molecule has 1 N–H and O–H groups in total. The largest absolute Gasteiger partial charge is 0.465 e. The van der Waals surface area contributed by atoms with Gasteiger partial charge in [0.2, 0.25) is 6.04 Å². The van der Waals surface area contributed by atoms with Crippen molar-refractivity contribution in [2.45, 2.75) is 51.1 Å². The Hall–Kier alpha value is -1.88. The van der Waals surface area contributed by atoms with E-state index in [9.17, 15) is 9.59 Å².